The van der Waals surface area contributed by atoms with Gasteiger partial charge in [0.1, 0.15) is 22.0 Å². The zero-order valence-electron chi connectivity index (χ0n) is 18.4. The standard InChI is InChI=1S/C26H20ClN3O3S/c1-32-17-6-4-5-16(13-17)28-25-19(12-14-11-15(27)9-10-20(14)33-25)23-29-24(31)22-18-7-2-3-8-21(18)34-26(22)30-23/h4-6,9-13H,2-3,7-8H2,1H3,(H,29,30,31). The fraction of sp³-hybridized carbons (Fsp3) is 0.192. The summed E-state index contributed by atoms with van der Waals surface area (Å²) in [4.78, 5) is 27.8. The first-order valence-electron chi connectivity index (χ1n) is 11.1. The van der Waals surface area contributed by atoms with Gasteiger partial charge < -0.3 is 14.1 Å². The third-order valence-corrected chi connectivity index (χ3v) is 7.49. The number of rotatable bonds is 3. The van der Waals surface area contributed by atoms with E-state index in [0.29, 0.717) is 39.0 Å². The molecule has 1 aliphatic carbocycles. The average Bonchev–Trinajstić information content (AvgIpc) is 3.23. The zero-order valence-corrected chi connectivity index (χ0v) is 19.9. The van der Waals surface area contributed by atoms with Crippen LogP contribution in [0.3, 0.4) is 0 Å². The quantitative estimate of drug-likeness (QED) is 0.328. The van der Waals surface area contributed by atoms with Crippen LogP contribution in [0.5, 0.6) is 5.75 Å². The highest BCUT2D eigenvalue weighted by atomic mass is 35.5. The predicted octanol–water partition coefficient (Wildman–Crippen LogP) is 6.17. The van der Waals surface area contributed by atoms with Crippen molar-refractivity contribution in [3.05, 3.63) is 79.9 Å². The number of hydrogen-bond acceptors (Lipinski definition) is 6. The molecule has 0 atom stereocenters. The Morgan fingerprint density at radius 3 is 2.91 bits per heavy atom. The first-order valence-corrected chi connectivity index (χ1v) is 12.3. The van der Waals surface area contributed by atoms with Gasteiger partial charge in [-0.05, 0) is 67.6 Å². The first-order chi connectivity index (χ1) is 16.6. The third-order valence-electron chi connectivity index (χ3n) is 6.07. The SMILES string of the molecule is COc1cccc(N=c2oc3ccc(Cl)cc3cc2-c2nc3sc4c(c3c(=O)[nH]2)CCCC4)c1. The number of benzene rings is 2. The Morgan fingerprint density at radius 2 is 2.03 bits per heavy atom. The Balaban J connectivity index is 1.62. The van der Waals surface area contributed by atoms with Crippen molar-refractivity contribution in [2.24, 2.45) is 4.99 Å². The number of methoxy groups -OCH3 is 1. The molecule has 6 nitrogen and oxygen atoms in total. The Morgan fingerprint density at radius 1 is 1.15 bits per heavy atom. The number of aromatic amines is 1. The van der Waals surface area contributed by atoms with Crippen LogP contribution in [-0.2, 0) is 12.8 Å². The number of ether oxygens (including phenoxy) is 1. The normalized spacial score (nSPS) is 14.0. The van der Waals surface area contributed by atoms with E-state index in [2.05, 4.69) is 4.98 Å². The van der Waals surface area contributed by atoms with Crippen LogP contribution in [0.4, 0.5) is 5.69 Å². The van der Waals surface area contributed by atoms with E-state index in [4.69, 9.17) is 30.7 Å². The summed E-state index contributed by atoms with van der Waals surface area (Å²) in [6, 6.07) is 14.7. The van der Waals surface area contributed by atoms with Gasteiger partial charge in [-0.3, -0.25) is 4.79 Å². The van der Waals surface area contributed by atoms with Crippen molar-refractivity contribution < 1.29 is 9.15 Å². The summed E-state index contributed by atoms with van der Waals surface area (Å²) < 4.78 is 11.5. The number of aryl methyl sites for hydroxylation is 2. The number of fused-ring (bicyclic) bond motifs is 4. The number of hydrogen-bond donors (Lipinski definition) is 1. The molecular weight excluding hydrogens is 470 g/mol. The fourth-order valence-electron chi connectivity index (χ4n) is 4.44. The molecular formula is C26H20ClN3O3S. The van der Waals surface area contributed by atoms with Crippen molar-refractivity contribution in [3.8, 4) is 17.1 Å². The molecule has 0 spiro atoms. The maximum absolute atomic E-state index is 13.2. The number of thiophene rings is 1. The summed E-state index contributed by atoms with van der Waals surface area (Å²) >= 11 is 7.84. The lowest BCUT2D eigenvalue weighted by atomic mass is 9.97. The highest BCUT2D eigenvalue weighted by Gasteiger charge is 2.21. The van der Waals surface area contributed by atoms with Crippen LogP contribution in [0.1, 0.15) is 23.3 Å². The van der Waals surface area contributed by atoms with Crippen LogP contribution < -0.4 is 15.9 Å². The molecule has 8 heteroatoms. The van der Waals surface area contributed by atoms with Crippen molar-refractivity contribution in [2.45, 2.75) is 25.7 Å². The Bertz CT molecular complexity index is 1700. The zero-order chi connectivity index (χ0) is 23.2. The van der Waals surface area contributed by atoms with E-state index in [9.17, 15) is 4.79 Å². The van der Waals surface area contributed by atoms with Crippen LogP contribution in [0.25, 0.3) is 32.6 Å². The lowest BCUT2D eigenvalue weighted by molar-refractivity contribution is 0.415. The van der Waals surface area contributed by atoms with Gasteiger partial charge in [-0.25, -0.2) is 9.98 Å². The molecule has 0 saturated carbocycles. The van der Waals surface area contributed by atoms with Gasteiger partial charge in [-0.1, -0.05) is 17.7 Å². The predicted molar refractivity (Wildman–Crippen MR) is 135 cm³/mol. The molecule has 2 aromatic carbocycles. The minimum absolute atomic E-state index is 0.127. The number of aromatic nitrogens is 2. The van der Waals surface area contributed by atoms with E-state index >= 15 is 0 Å². The second kappa shape index (κ2) is 8.42. The number of nitrogens with one attached hydrogen (secondary N) is 1. The summed E-state index contributed by atoms with van der Waals surface area (Å²) in [5.41, 5.74) is 3.24. The molecule has 3 heterocycles. The van der Waals surface area contributed by atoms with Crippen LogP contribution in [0, 0.1) is 0 Å². The minimum atomic E-state index is -0.127. The van der Waals surface area contributed by atoms with Gasteiger partial charge in [0.15, 0.2) is 0 Å². The lowest BCUT2D eigenvalue weighted by Crippen LogP contribution is -2.14. The Kier molecular flexibility index (Phi) is 5.23. The molecule has 0 bridgehead atoms. The van der Waals surface area contributed by atoms with E-state index in [-0.39, 0.29) is 5.56 Å². The summed E-state index contributed by atoms with van der Waals surface area (Å²) in [6.45, 7) is 0. The van der Waals surface area contributed by atoms with Crippen molar-refractivity contribution in [2.75, 3.05) is 7.11 Å². The fourth-order valence-corrected chi connectivity index (χ4v) is 5.89. The second-order valence-electron chi connectivity index (χ2n) is 8.27. The molecule has 6 rings (SSSR count). The summed E-state index contributed by atoms with van der Waals surface area (Å²) in [7, 11) is 1.61. The monoisotopic (exact) mass is 489 g/mol. The maximum atomic E-state index is 13.2. The molecule has 0 fully saturated rings. The largest absolute Gasteiger partial charge is 0.497 e. The van der Waals surface area contributed by atoms with Gasteiger partial charge in [0.05, 0.1) is 23.7 Å². The molecule has 0 aliphatic heterocycles. The topological polar surface area (TPSA) is 80.5 Å². The molecule has 5 aromatic rings. The van der Waals surface area contributed by atoms with Crippen LogP contribution in [0.2, 0.25) is 5.02 Å². The molecule has 170 valence electrons. The van der Waals surface area contributed by atoms with E-state index in [1.165, 1.54) is 4.88 Å². The number of halogens is 1. The van der Waals surface area contributed by atoms with E-state index in [0.717, 1.165) is 46.8 Å². The van der Waals surface area contributed by atoms with Crippen LogP contribution in [-0.4, -0.2) is 17.1 Å². The summed E-state index contributed by atoms with van der Waals surface area (Å²) in [5, 5.41) is 2.10. The summed E-state index contributed by atoms with van der Waals surface area (Å²) in [6.07, 6.45) is 4.19. The minimum Gasteiger partial charge on any atom is -0.497 e. The van der Waals surface area contributed by atoms with Crippen molar-refractivity contribution in [1.29, 1.82) is 0 Å². The van der Waals surface area contributed by atoms with Crippen molar-refractivity contribution in [1.82, 2.24) is 9.97 Å². The molecule has 0 radical (unpaired) electrons. The molecule has 0 saturated heterocycles. The first kappa shape index (κ1) is 21.1. The molecule has 0 unspecified atom stereocenters. The van der Waals surface area contributed by atoms with Crippen LogP contribution >= 0.6 is 22.9 Å². The molecule has 34 heavy (non-hydrogen) atoms. The smallest absolute Gasteiger partial charge is 0.260 e. The second-order valence-corrected chi connectivity index (χ2v) is 9.79. The van der Waals surface area contributed by atoms with Gasteiger partial charge in [-0.2, -0.15) is 0 Å². The molecule has 1 aliphatic rings. The van der Waals surface area contributed by atoms with Crippen molar-refractivity contribution in [3.63, 3.8) is 0 Å². The molecule has 1 N–H and O–H groups in total. The number of nitrogens with zero attached hydrogens (tertiary/aromatic N) is 2. The summed E-state index contributed by atoms with van der Waals surface area (Å²) in [5.74, 6) is 1.11. The van der Waals surface area contributed by atoms with Gasteiger partial charge in [0.2, 0.25) is 5.55 Å². The molecule has 3 aromatic heterocycles. The maximum Gasteiger partial charge on any atom is 0.260 e. The Hall–Kier alpha value is -3.42. The Labute approximate surface area is 203 Å². The highest BCUT2D eigenvalue weighted by molar-refractivity contribution is 7.18. The molecule has 0 amide bonds. The average molecular weight is 490 g/mol. The van der Waals surface area contributed by atoms with Gasteiger partial charge in [0.25, 0.3) is 5.56 Å². The third kappa shape index (κ3) is 3.71. The van der Waals surface area contributed by atoms with E-state index in [1.807, 2.05) is 36.4 Å². The van der Waals surface area contributed by atoms with Gasteiger partial charge in [0, 0.05) is 21.4 Å². The number of H-pyrrole nitrogens is 1. The van der Waals surface area contributed by atoms with Crippen molar-refractivity contribution >= 4 is 49.8 Å². The van der Waals surface area contributed by atoms with Gasteiger partial charge in [-0.15, -0.1) is 11.3 Å². The highest BCUT2D eigenvalue weighted by Crippen LogP contribution is 2.34. The van der Waals surface area contributed by atoms with E-state index < -0.39 is 0 Å². The lowest BCUT2D eigenvalue weighted by Gasteiger charge is -2.09. The van der Waals surface area contributed by atoms with Crippen LogP contribution in [0.15, 0.2) is 62.7 Å². The van der Waals surface area contributed by atoms with E-state index in [1.54, 1.807) is 30.6 Å². The van der Waals surface area contributed by atoms with Gasteiger partial charge >= 0.3 is 0 Å².